The lowest BCUT2D eigenvalue weighted by Gasteiger charge is -2.21. The van der Waals surface area contributed by atoms with E-state index in [4.69, 9.17) is 0 Å². The van der Waals surface area contributed by atoms with Gasteiger partial charge in [0.05, 0.1) is 0 Å². The predicted octanol–water partition coefficient (Wildman–Crippen LogP) is 3.16. The van der Waals surface area contributed by atoms with E-state index in [1.165, 1.54) is 16.0 Å². The number of hydrogen-bond donors (Lipinski definition) is 1. The van der Waals surface area contributed by atoms with Gasteiger partial charge in [-0.3, -0.25) is 0 Å². The molecule has 0 bridgehead atoms. The highest BCUT2D eigenvalue weighted by atomic mass is 32.2. The summed E-state index contributed by atoms with van der Waals surface area (Å²) in [6, 6.07) is 6.54. The van der Waals surface area contributed by atoms with E-state index in [1.54, 1.807) is 18.1 Å². The van der Waals surface area contributed by atoms with Gasteiger partial charge in [0.2, 0.25) is 0 Å². The number of nitrogens with one attached hydrogen (secondary N) is 1. The van der Waals surface area contributed by atoms with Crippen LogP contribution >= 0.6 is 11.8 Å². The Morgan fingerprint density at radius 2 is 2.05 bits per heavy atom. The second-order valence-corrected chi connectivity index (χ2v) is 7.06. The van der Waals surface area contributed by atoms with Crippen molar-refractivity contribution in [1.29, 1.82) is 0 Å². The van der Waals surface area contributed by atoms with Crippen LogP contribution in [0.3, 0.4) is 0 Å². The van der Waals surface area contributed by atoms with Crippen LogP contribution in [0.25, 0.3) is 0 Å². The Bertz CT molecular complexity index is 584. The molecule has 1 heterocycles. The summed E-state index contributed by atoms with van der Waals surface area (Å²) in [4.78, 5) is 1.19. The van der Waals surface area contributed by atoms with Crippen LogP contribution in [-0.2, 0) is 13.6 Å². The highest BCUT2D eigenvalue weighted by Gasteiger charge is 2.10. The van der Waals surface area contributed by atoms with Crippen LogP contribution in [0.5, 0.6) is 0 Å². The highest BCUT2D eigenvalue weighted by Crippen LogP contribution is 2.27. The molecule has 4 nitrogen and oxygen atoms in total. The third kappa shape index (κ3) is 4.08. The topological polar surface area (TPSA) is 42.7 Å². The van der Waals surface area contributed by atoms with Crippen molar-refractivity contribution in [3.63, 3.8) is 0 Å². The molecule has 108 valence electrons. The molecular weight excluding hydrogens is 268 g/mol. The first-order valence-corrected chi connectivity index (χ1v) is 7.53. The summed E-state index contributed by atoms with van der Waals surface area (Å²) in [5, 5.41) is 12.4. The first-order chi connectivity index (χ1) is 9.35. The van der Waals surface area contributed by atoms with Gasteiger partial charge in [0.25, 0.3) is 0 Å². The second kappa shape index (κ2) is 5.97. The molecule has 5 heteroatoms. The molecule has 0 aliphatic rings. The zero-order valence-electron chi connectivity index (χ0n) is 12.8. The molecule has 0 aliphatic heterocycles. The summed E-state index contributed by atoms with van der Waals surface area (Å²) in [6.07, 6.45) is 1.72. The van der Waals surface area contributed by atoms with E-state index in [9.17, 15) is 0 Å². The molecule has 1 N–H and O–H groups in total. The lowest BCUT2D eigenvalue weighted by molar-refractivity contribution is 0.424. The number of aromatic nitrogens is 3. The van der Waals surface area contributed by atoms with Crippen LogP contribution in [0, 0.1) is 6.92 Å². The maximum atomic E-state index is 4.10. The largest absolute Gasteiger partial charge is 0.311 e. The Kier molecular flexibility index (Phi) is 4.50. The second-order valence-electron chi connectivity index (χ2n) is 6.02. The van der Waals surface area contributed by atoms with Crippen molar-refractivity contribution in [3.05, 3.63) is 35.7 Å². The standard InChI is InChI=1S/C15H22N4S/c1-11-8-13(20-14-18-17-10-19(14)5)7-6-12(11)9-16-15(2,3)4/h6-8,10,16H,9H2,1-5H3. The van der Waals surface area contributed by atoms with Gasteiger partial charge in [-0.25, -0.2) is 0 Å². The minimum atomic E-state index is 0.137. The lowest BCUT2D eigenvalue weighted by atomic mass is 10.1. The average molecular weight is 290 g/mol. The molecule has 0 amide bonds. The monoisotopic (exact) mass is 290 g/mol. The Morgan fingerprint density at radius 3 is 2.60 bits per heavy atom. The Balaban J connectivity index is 2.08. The minimum Gasteiger partial charge on any atom is -0.311 e. The number of hydrogen-bond acceptors (Lipinski definition) is 4. The molecule has 1 aromatic carbocycles. The van der Waals surface area contributed by atoms with Crippen molar-refractivity contribution in [1.82, 2.24) is 20.1 Å². The van der Waals surface area contributed by atoms with E-state index in [-0.39, 0.29) is 5.54 Å². The van der Waals surface area contributed by atoms with Crippen LogP contribution in [0.4, 0.5) is 0 Å². The fraction of sp³-hybridized carbons (Fsp3) is 0.467. The number of aryl methyl sites for hydroxylation is 2. The first-order valence-electron chi connectivity index (χ1n) is 6.71. The third-order valence-electron chi connectivity index (χ3n) is 3.00. The van der Waals surface area contributed by atoms with Crippen LogP contribution in [0.15, 0.2) is 34.6 Å². The molecule has 20 heavy (non-hydrogen) atoms. The molecule has 2 aromatic rings. The Labute approximate surface area is 125 Å². The van der Waals surface area contributed by atoms with Crippen molar-refractivity contribution < 1.29 is 0 Å². The predicted molar refractivity (Wildman–Crippen MR) is 82.9 cm³/mol. The summed E-state index contributed by atoms with van der Waals surface area (Å²) >= 11 is 1.64. The third-order valence-corrected chi connectivity index (χ3v) is 4.04. The molecule has 0 saturated heterocycles. The summed E-state index contributed by atoms with van der Waals surface area (Å²) in [5.41, 5.74) is 2.77. The molecule has 0 unspecified atom stereocenters. The number of benzene rings is 1. The van der Waals surface area contributed by atoms with Crippen LogP contribution in [0.1, 0.15) is 31.9 Å². The summed E-state index contributed by atoms with van der Waals surface area (Å²) in [5.74, 6) is 0. The summed E-state index contributed by atoms with van der Waals surface area (Å²) < 4.78 is 1.93. The van der Waals surface area contributed by atoms with Gasteiger partial charge in [-0.05, 0) is 62.7 Å². The molecule has 0 spiro atoms. The van der Waals surface area contributed by atoms with Gasteiger partial charge < -0.3 is 9.88 Å². The quantitative estimate of drug-likeness (QED) is 0.939. The Hall–Kier alpha value is -1.33. The van der Waals surface area contributed by atoms with Gasteiger partial charge in [-0.15, -0.1) is 10.2 Å². The molecule has 0 atom stereocenters. The maximum Gasteiger partial charge on any atom is 0.195 e. The fourth-order valence-corrected chi connectivity index (χ4v) is 2.62. The van der Waals surface area contributed by atoms with Gasteiger partial charge in [0, 0.05) is 24.0 Å². The zero-order chi connectivity index (χ0) is 14.8. The van der Waals surface area contributed by atoms with Crippen molar-refractivity contribution in [2.75, 3.05) is 0 Å². The summed E-state index contributed by atoms with van der Waals surface area (Å²) in [7, 11) is 1.96. The van der Waals surface area contributed by atoms with Gasteiger partial charge in [0.1, 0.15) is 6.33 Å². The maximum absolute atomic E-state index is 4.10. The molecule has 0 radical (unpaired) electrons. The molecule has 0 fully saturated rings. The Morgan fingerprint density at radius 1 is 1.30 bits per heavy atom. The van der Waals surface area contributed by atoms with Gasteiger partial charge in [0.15, 0.2) is 5.16 Å². The van der Waals surface area contributed by atoms with E-state index >= 15 is 0 Å². The average Bonchev–Trinajstić information content (AvgIpc) is 2.73. The van der Waals surface area contributed by atoms with Gasteiger partial charge in [-0.2, -0.15) is 0 Å². The molecule has 2 rings (SSSR count). The first kappa shape index (κ1) is 15.1. The highest BCUT2D eigenvalue weighted by molar-refractivity contribution is 7.99. The van der Waals surface area contributed by atoms with Crippen LogP contribution < -0.4 is 5.32 Å². The van der Waals surface area contributed by atoms with Crippen molar-refractivity contribution in [2.24, 2.45) is 7.05 Å². The number of rotatable bonds is 4. The fourth-order valence-electron chi connectivity index (χ4n) is 1.76. The summed E-state index contributed by atoms with van der Waals surface area (Å²) in [6.45, 7) is 9.59. The van der Waals surface area contributed by atoms with Crippen molar-refractivity contribution in [3.8, 4) is 0 Å². The molecular formula is C15H22N4S. The van der Waals surface area contributed by atoms with Crippen LogP contribution in [-0.4, -0.2) is 20.3 Å². The van der Waals surface area contributed by atoms with Crippen molar-refractivity contribution in [2.45, 2.75) is 49.8 Å². The normalized spacial score (nSPS) is 11.8. The molecule has 0 saturated carbocycles. The number of nitrogens with zero attached hydrogens (tertiary/aromatic N) is 3. The van der Waals surface area contributed by atoms with E-state index < -0.39 is 0 Å². The SMILES string of the molecule is Cc1cc(Sc2nncn2C)ccc1CNC(C)(C)C. The zero-order valence-corrected chi connectivity index (χ0v) is 13.6. The lowest BCUT2D eigenvalue weighted by Crippen LogP contribution is -2.35. The molecule has 0 aliphatic carbocycles. The van der Waals surface area contributed by atoms with Crippen LogP contribution in [0.2, 0.25) is 0 Å². The van der Waals surface area contributed by atoms with Gasteiger partial charge >= 0.3 is 0 Å². The minimum absolute atomic E-state index is 0.137. The van der Waals surface area contributed by atoms with E-state index in [0.29, 0.717) is 0 Å². The van der Waals surface area contributed by atoms with E-state index in [2.05, 4.69) is 61.4 Å². The molecule has 1 aromatic heterocycles. The van der Waals surface area contributed by atoms with Gasteiger partial charge in [-0.1, -0.05) is 6.07 Å². The van der Waals surface area contributed by atoms with E-state index in [1.807, 2.05) is 11.6 Å². The van der Waals surface area contributed by atoms with E-state index in [0.717, 1.165) is 11.7 Å². The smallest absolute Gasteiger partial charge is 0.195 e. The van der Waals surface area contributed by atoms with Crippen molar-refractivity contribution >= 4 is 11.8 Å².